The maximum atomic E-state index is 12.9. The molecule has 3 aromatic rings. The molecule has 4 rings (SSSR count). The van der Waals surface area contributed by atoms with Gasteiger partial charge in [0.2, 0.25) is 15.2 Å². The molecule has 1 aliphatic heterocycles. The molecule has 1 aliphatic rings. The van der Waals surface area contributed by atoms with Crippen LogP contribution < -0.4 is 5.84 Å². The molecule has 0 spiro atoms. The highest BCUT2D eigenvalue weighted by atomic mass is 32.2. The number of rotatable bonds is 6. The van der Waals surface area contributed by atoms with Crippen LogP contribution >= 0.6 is 11.8 Å². The number of aromatic nitrogens is 3. The summed E-state index contributed by atoms with van der Waals surface area (Å²) in [5.74, 6) is 7.30. The Balaban J connectivity index is 1.48. The molecular weight excluding hydrogens is 422 g/mol. The first-order valence-electron chi connectivity index (χ1n) is 9.52. The van der Waals surface area contributed by atoms with Crippen molar-refractivity contribution in [1.82, 2.24) is 19.2 Å². The lowest BCUT2D eigenvalue weighted by molar-refractivity contribution is 0.0730. The summed E-state index contributed by atoms with van der Waals surface area (Å²) in [6, 6.07) is 14.9. The van der Waals surface area contributed by atoms with E-state index in [4.69, 9.17) is 10.6 Å². The van der Waals surface area contributed by atoms with E-state index in [1.165, 1.54) is 20.7 Å². The van der Waals surface area contributed by atoms with Gasteiger partial charge in [0.15, 0.2) is 5.82 Å². The van der Waals surface area contributed by atoms with E-state index < -0.39 is 10.0 Å². The van der Waals surface area contributed by atoms with Crippen LogP contribution in [0.1, 0.15) is 11.1 Å². The first-order valence-corrected chi connectivity index (χ1v) is 11.9. The van der Waals surface area contributed by atoms with Crippen LogP contribution in [0.5, 0.6) is 0 Å². The number of sulfonamides is 1. The van der Waals surface area contributed by atoms with E-state index in [2.05, 4.69) is 10.2 Å². The number of hydrogen-bond acceptors (Lipinski definition) is 7. The van der Waals surface area contributed by atoms with Crippen molar-refractivity contribution in [1.29, 1.82) is 0 Å². The maximum Gasteiger partial charge on any atom is 0.243 e. The van der Waals surface area contributed by atoms with Gasteiger partial charge in [-0.05, 0) is 24.6 Å². The van der Waals surface area contributed by atoms with Crippen molar-refractivity contribution in [3.05, 3.63) is 59.7 Å². The molecule has 0 radical (unpaired) electrons. The Morgan fingerprint density at radius 2 is 1.83 bits per heavy atom. The van der Waals surface area contributed by atoms with E-state index in [1.54, 1.807) is 18.2 Å². The molecule has 2 heterocycles. The molecule has 1 saturated heterocycles. The van der Waals surface area contributed by atoms with Crippen LogP contribution in [0.2, 0.25) is 0 Å². The summed E-state index contributed by atoms with van der Waals surface area (Å²) >= 11 is 1.41. The zero-order valence-corrected chi connectivity index (χ0v) is 18.2. The summed E-state index contributed by atoms with van der Waals surface area (Å²) in [5, 5.41) is 8.95. The predicted octanol–water partition coefficient (Wildman–Crippen LogP) is 2.28. The second kappa shape index (κ2) is 8.76. The smallest absolute Gasteiger partial charge is 0.243 e. The average molecular weight is 446 g/mol. The molecule has 2 aromatic carbocycles. The summed E-state index contributed by atoms with van der Waals surface area (Å²) in [6.45, 7) is 3.61. The quantitative estimate of drug-likeness (QED) is 0.459. The van der Waals surface area contributed by atoms with E-state index in [9.17, 15) is 8.42 Å². The number of thioether (sulfide) groups is 1. The van der Waals surface area contributed by atoms with E-state index in [1.807, 2.05) is 37.3 Å². The molecular formula is C20H23N5O3S2. The van der Waals surface area contributed by atoms with Crippen LogP contribution in [0.3, 0.4) is 0 Å². The lowest BCUT2D eigenvalue weighted by atomic mass is 10.1. The normalized spacial score (nSPS) is 15.4. The lowest BCUT2D eigenvalue weighted by Gasteiger charge is -2.26. The summed E-state index contributed by atoms with van der Waals surface area (Å²) in [6.07, 6.45) is 0. The van der Waals surface area contributed by atoms with Crippen LogP contribution in [-0.2, 0) is 20.5 Å². The van der Waals surface area contributed by atoms with Gasteiger partial charge in [0.1, 0.15) is 0 Å². The Hall–Kier alpha value is -2.40. The number of morpholine rings is 1. The van der Waals surface area contributed by atoms with Crippen molar-refractivity contribution in [2.24, 2.45) is 0 Å². The molecule has 0 aliphatic carbocycles. The predicted molar refractivity (Wildman–Crippen MR) is 116 cm³/mol. The monoisotopic (exact) mass is 445 g/mol. The maximum absolute atomic E-state index is 12.9. The van der Waals surface area contributed by atoms with Crippen LogP contribution in [-0.4, -0.2) is 53.9 Å². The van der Waals surface area contributed by atoms with Gasteiger partial charge in [0.25, 0.3) is 0 Å². The molecule has 1 aromatic heterocycles. The highest BCUT2D eigenvalue weighted by Gasteiger charge is 2.26. The number of nitrogens with zero attached hydrogens (tertiary/aromatic N) is 4. The fourth-order valence-corrected chi connectivity index (χ4v) is 5.43. The van der Waals surface area contributed by atoms with Crippen molar-refractivity contribution in [2.75, 3.05) is 32.1 Å². The van der Waals surface area contributed by atoms with Gasteiger partial charge in [0, 0.05) is 24.4 Å². The van der Waals surface area contributed by atoms with Crippen molar-refractivity contribution in [3.8, 4) is 11.4 Å². The minimum absolute atomic E-state index is 0.289. The Kier molecular flexibility index (Phi) is 6.09. The zero-order chi connectivity index (χ0) is 21.1. The highest BCUT2D eigenvalue weighted by Crippen LogP contribution is 2.26. The van der Waals surface area contributed by atoms with Gasteiger partial charge in [-0.1, -0.05) is 53.7 Å². The van der Waals surface area contributed by atoms with Crippen LogP contribution in [0.25, 0.3) is 11.4 Å². The molecule has 0 atom stereocenters. The summed E-state index contributed by atoms with van der Waals surface area (Å²) in [5.41, 5.74) is 2.92. The van der Waals surface area contributed by atoms with E-state index in [0.29, 0.717) is 43.0 Å². The van der Waals surface area contributed by atoms with Crippen LogP contribution in [0.15, 0.2) is 58.6 Å². The van der Waals surface area contributed by atoms with E-state index >= 15 is 0 Å². The molecule has 158 valence electrons. The fraction of sp³-hybridized carbons (Fsp3) is 0.300. The van der Waals surface area contributed by atoms with Gasteiger partial charge < -0.3 is 10.6 Å². The van der Waals surface area contributed by atoms with Gasteiger partial charge in [-0.2, -0.15) is 4.31 Å². The number of benzene rings is 2. The third-order valence-electron chi connectivity index (χ3n) is 4.85. The average Bonchev–Trinajstić information content (AvgIpc) is 3.14. The third-order valence-corrected chi connectivity index (χ3v) is 7.76. The zero-order valence-electron chi connectivity index (χ0n) is 16.6. The molecule has 0 unspecified atom stereocenters. The van der Waals surface area contributed by atoms with Gasteiger partial charge in [-0.25, -0.2) is 13.1 Å². The fourth-order valence-electron chi connectivity index (χ4n) is 3.15. The number of nitrogens with two attached hydrogens (primary N) is 1. The minimum Gasteiger partial charge on any atom is -0.379 e. The highest BCUT2D eigenvalue weighted by molar-refractivity contribution is 7.98. The molecule has 0 bridgehead atoms. The lowest BCUT2D eigenvalue weighted by Crippen LogP contribution is -2.40. The summed E-state index contributed by atoms with van der Waals surface area (Å²) in [4.78, 5) is 0.289. The topological polar surface area (TPSA) is 103 Å². The van der Waals surface area contributed by atoms with Crippen molar-refractivity contribution >= 4 is 21.8 Å². The number of hydrogen-bond donors (Lipinski definition) is 1. The number of ether oxygens (including phenoxy) is 1. The van der Waals surface area contributed by atoms with E-state index in [0.717, 1.165) is 16.7 Å². The van der Waals surface area contributed by atoms with Gasteiger partial charge in [-0.3, -0.25) is 0 Å². The molecule has 10 heteroatoms. The Labute approximate surface area is 180 Å². The SMILES string of the molecule is Cc1ccc(-c2nnc(SCc3cccc(S(=O)(=O)N4CCOCC4)c3)n2N)cc1. The Morgan fingerprint density at radius 1 is 1.10 bits per heavy atom. The summed E-state index contributed by atoms with van der Waals surface area (Å²) in [7, 11) is -3.52. The second-order valence-corrected chi connectivity index (χ2v) is 9.88. The molecule has 30 heavy (non-hydrogen) atoms. The molecule has 0 amide bonds. The van der Waals surface area contributed by atoms with Gasteiger partial charge in [0.05, 0.1) is 18.1 Å². The number of aryl methyl sites for hydroxylation is 1. The second-order valence-electron chi connectivity index (χ2n) is 6.99. The minimum atomic E-state index is -3.52. The Bertz CT molecular complexity index is 1120. The largest absolute Gasteiger partial charge is 0.379 e. The first kappa shape index (κ1) is 20.9. The van der Waals surface area contributed by atoms with E-state index in [-0.39, 0.29) is 4.90 Å². The van der Waals surface area contributed by atoms with Crippen LogP contribution in [0.4, 0.5) is 0 Å². The van der Waals surface area contributed by atoms with Gasteiger partial charge in [-0.15, -0.1) is 10.2 Å². The Morgan fingerprint density at radius 3 is 2.57 bits per heavy atom. The molecule has 0 saturated carbocycles. The summed E-state index contributed by atoms with van der Waals surface area (Å²) < 4.78 is 33.9. The van der Waals surface area contributed by atoms with Crippen molar-refractivity contribution in [3.63, 3.8) is 0 Å². The van der Waals surface area contributed by atoms with Crippen molar-refractivity contribution < 1.29 is 13.2 Å². The van der Waals surface area contributed by atoms with Crippen molar-refractivity contribution in [2.45, 2.75) is 22.7 Å². The number of nitrogen functional groups attached to an aromatic ring is 1. The third kappa shape index (κ3) is 4.36. The first-order chi connectivity index (χ1) is 14.4. The van der Waals surface area contributed by atoms with Crippen LogP contribution in [0, 0.1) is 6.92 Å². The standard InChI is InChI=1S/C20H23N5O3S2/c1-15-5-7-17(8-6-15)19-22-23-20(25(19)21)29-14-16-3-2-4-18(13-16)30(26,27)24-9-11-28-12-10-24/h2-8,13H,9-12,14,21H2,1H3. The van der Waals surface area contributed by atoms with Gasteiger partial charge >= 0.3 is 0 Å². The molecule has 1 fully saturated rings. The molecule has 8 nitrogen and oxygen atoms in total. The molecule has 2 N–H and O–H groups in total.